The summed E-state index contributed by atoms with van der Waals surface area (Å²) in [4.78, 5) is 2.55. The first kappa shape index (κ1) is 15.0. The van der Waals surface area contributed by atoms with E-state index in [1.807, 2.05) is 12.1 Å². The van der Waals surface area contributed by atoms with Gasteiger partial charge in [-0.25, -0.2) is 8.42 Å². The molecule has 0 saturated carbocycles. The van der Waals surface area contributed by atoms with Crippen molar-refractivity contribution in [2.75, 3.05) is 30.8 Å². The molecule has 0 aliphatic rings. The Bertz CT molecular complexity index is 468. The highest BCUT2D eigenvalue weighted by atomic mass is 32.2. The molecule has 4 nitrogen and oxygen atoms in total. The second kappa shape index (κ2) is 6.20. The van der Waals surface area contributed by atoms with E-state index in [1.54, 1.807) is 12.1 Å². The summed E-state index contributed by atoms with van der Waals surface area (Å²) < 4.78 is 22.8. The Balaban J connectivity index is 2.89. The van der Waals surface area contributed by atoms with Crippen LogP contribution in [0.2, 0.25) is 0 Å². The van der Waals surface area contributed by atoms with Gasteiger partial charge in [-0.2, -0.15) is 0 Å². The minimum absolute atomic E-state index is 0.356. The molecule has 0 spiro atoms. The summed E-state index contributed by atoms with van der Waals surface area (Å²) in [6.45, 7) is 6.59. The summed E-state index contributed by atoms with van der Waals surface area (Å²) in [5.41, 5.74) is 6.66. The average molecular weight is 270 g/mol. The van der Waals surface area contributed by atoms with Crippen LogP contribution in [0.3, 0.4) is 0 Å². The summed E-state index contributed by atoms with van der Waals surface area (Å²) in [5, 5.41) is 0. The molecule has 1 aromatic rings. The lowest BCUT2D eigenvalue weighted by molar-refractivity contribution is 0.576. The molecule has 0 heterocycles. The fourth-order valence-corrected chi connectivity index (χ4v) is 2.40. The Morgan fingerprint density at radius 2 is 1.83 bits per heavy atom. The van der Waals surface area contributed by atoms with Crippen molar-refractivity contribution in [3.05, 3.63) is 24.3 Å². The number of hydrogen-bond acceptors (Lipinski definition) is 4. The molecule has 5 heteroatoms. The number of nitrogens with two attached hydrogens (primary N) is 1. The van der Waals surface area contributed by atoms with Crippen LogP contribution in [0.15, 0.2) is 29.2 Å². The SMILES string of the molecule is CCN(CC(C)CN)c1ccc(S(C)(=O)=O)cc1. The number of rotatable bonds is 6. The molecule has 0 amide bonds. The smallest absolute Gasteiger partial charge is 0.175 e. The third-order valence-electron chi connectivity index (χ3n) is 2.95. The molecule has 18 heavy (non-hydrogen) atoms. The molecule has 0 aliphatic heterocycles. The number of nitrogens with zero attached hydrogens (tertiary/aromatic N) is 1. The van der Waals surface area contributed by atoms with Gasteiger partial charge in [-0.1, -0.05) is 6.92 Å². The lowest BCUT2D eigenvalue weighted by atomic mass is 10.1. The van der Waals surface area contributed by atoms with Crippen molar-refractivity contribution in [2.45, 2.75) is 18.7 Å². The zero-order valence-corrected chi connectivity index (χ0v) is 12.1. The van der Waals surface area contributed by atoms with Crippen LogP contribution >= 0.6 is 0 Å². The molecule has 0 saturated heterocycles. The van der Waals surface area contributed by atoms with E-state index in [1.165, 1.54) is 6.26 Å². The molecule has 1 aromatic carbocycles. The van der Waals surface area contributed by atoms with Gasteiger partial charge in [0.25, 0.3) is 0 Å². The zero-order valence-electron chi connectivity index (χ0n) is 11.3. The quantitative estimate of drug-likeness (QED) is 0.851. The third-order valence-corrected chi connectivity index (χ3v) is 4.07. The van der Waals surface area contributed by atoms with E-state index in [0.29, 0.717) is 17.4 Å². The van der Waals surface area contributed by atoms with E-state index < -0.39 is 9.84 Å². The van der Waals surface area contributed by atoms with E-state index in [9.17, 15) is 8.42 Å². The Labute approximate surface area is 110 Å². The highest BCUT2D eigenvalue weighted by Crippen LogP contribution is 2.18. The topological polar surface area (TPSA) is 63.4 Å². The summed E-state index contributed by atoms with van der Waals surface area (Å²) in [6, 6.07) is 7.01. The zero-order chi connectivity index (χ0) is 13.8. The van der Waals surface area contributed by atoms with Crippen LogP contribution in [0.5, 0.6) is 0 Å². The van der Waals surface area contributed by atoms with E-state index in [0.717, 1.165) is 18.8 Å². The highest BCUT2D eigenvalue weighted by Gasteiger charge is 2.10. The molecule has 0 radical (unpaired) electrons. The Morgan fingerprint density at radius 1 is 1.28 bits per heavy atom. The van der Waals surface area contributed by atoms with E-state index >= 15 is 0 Å². The van der Waals surface area contributed by atoms with Crippen LogP contribution in [0.4, 0.5) is 5.69 Å². The van der Waals surface area contributed by atoms with Crippen molar-refractivity contribution < 1.29 is 8.42 Å². The Morgan fingerprint density at radius 3 is 2.22 bits per heavy atom. The van der Waals surface area contributed by atoms with Crippen LogP contribution in [-0.2, 0) is 9.84 Å². The summed E-state index contributed by atoms with van der Waals surface area (Å²) in [5.74, 6) is 0.416. The van der Waals surface area contributed by atoms with Gasteiger partial charge in [0.2, 0.25) is 0 Å². The van der Waals surface area contributed by atoms with Crippen molar-refractivity contribution in [1.29, 1.82) is 0 Å². The molecule has 2 N–H and O–H groups in total. The highest BCUT2D eigenvalue weighted by molar-refractivity contribution is 7.90. The van der Waals surface area contributed by atoms with Crippen LogP contribution < -0.4 is 10.6 Å². The molecular formula is C13H22N2O2S. The van der Waals surface area contributed by atoms with Crippen LogP contribution in [-0.4, -0.2) is 34.3 Å². The maximum atomic E-state index is 11.4. The van der Waals surface area contributed by atoms with Gasteiger partial charge in [-0.05, 0) is 43.7 Å². The molecule has 1 unspecified atom stereocenters. The number of hydrogen-bond donors (Lipinski definition) is 1. The largest absolute Gasteiger partial charge is 0.371 e. The van der Waals surface area contributed by atoms with Crippen molar-refractivity contribution in [3.8, 4) is 0 Å². The van der Waals surface area contributed by atoms with E-state index in [4.69, 9.17) is 5.73 Å². The Hall–Kier alpha value is -1.07. The van der Waals surface area contributed by atoms with E-state index in [2.05, 4.69) is 18.7 Å². The monoisotopic (exact) mass is 270 g/mol. The first-order chi connectivity index (χ1) is 8.38. The second-order valence-electron chi connectivity index (χ2n) is 4.65. The Kier molecular flexibility index (Phi) is 5.16. The fraction of sp³-hybridized carbons (Fsp3) is 0.538. The number of anilines is 1. The molecule has 102 valence electrons. The lowest BCUT2D eigenvalue weighted by Crippen LogP contribution is -2.31. The number of sulfone groups is 1. The van der Waals surface area contributed by atoms with E-state index in [-0.39, 0.29) is 0 Å². The van der Waals surface area contributed by atoms with Gasteiger partial charge in [-0.15, -0.1) is 0 Å². The molecule has 0 aromatic heterocycles. The van der Waals surface area contributed by atoms with Gasteiger partial charge in [0.1, 0.15) is 0 Å². The van der Waals surface area contributed by atoms with Crippen molar-refractivity contribution in [2.24, 2.45) is 11.7 Å². The predicted octanol–water partition coefficient (Wildman–Crippen LogP) is 1.51. The first-order valence-corrected chi connectivity index (χ1v) is 8.02. The average Bonchev–Trinajstić information content (AvgIpc) is 2.34. The molecule has 1 rings (SSSR count). The minimum Gasteiger partial charge on any atom is -0.371 e. The van der Waals surface area contributed by atoms with Crippen molar-refractivity contribution in [3.63, 3.8) is 0 Å². The maximum Gasteiger partial charge on any atom is 0.175 e. The lowest BCUT2D eigenvalue weighted by Gasteiger charge is -2.26. The standard InChI is InChI=1S/C13H22N2O2S/c1-4-15(10-11(2)9-14)12-5-7-13(8-6-12)18(3,16)17/h5-8,11H,4,9-10,14H2,1-3H3. The maximum absolute atomic E-state index is 11.4. The minimum atomic E-state index is -3.12. The predicted molar refractivity (Wildman–Crippen MR) is 75.7 cm³/mol. The fourth-order valence-electron chi connectivity index (χ4n) is 1.77. The second-order valence-corrected chi connectivity index (χ2v) is 6.66. The summed E-state index contributed by atoms with van der Waals surface area (Å²) >= 11 is 0. The van der Waals surface area contributed by atoms with Gasteiger partial charge < -0.3 is 10.6 Å². The summed E-state index contributed by atoms with van der Waals surface area (Å²) in [7, 11) is -3.12. The van der Waals surface area contributed by atoms with Gasteiger partial charge in [-0.3, -0.25) is 0 Å². The third kappa shape index (κ3) is 3.99. The van der Waals surface area contributed by atoms with Crippen LogP contribution in [0.25, 0.3) is 0 Å². The number of benzene rings is 1. The summed E-state index contributed by atoms with van der Waals surface area (Å²) in [6.07, 6.45) is 1.22. The molecule has 0 aliphatic carbocycles. The van der Waals surface area contributed by atoms with Gasteiger partial charge >= 0.3 is 0 Å². The normalized spacial score (nSPS) is 13.3. The van der Waals surface area contributed by atoms with Gasteiger partial charge in [0, 0.05) is 25.0 Å². The molecule has 0 bridgehead atoms. The first-order valence-electron chi connectivity index (χ1n) is 6.13. The molecule has 0 fully saturated rings. The van der Waals surface area contributed by atoms with Crippen LogP contribution in [0.1, 0.15) is 13.8 Å². The van der Waals surface area contributed by atoms with Crippen LogP contribution in [0, 0.1) is 5.92 Å². The van der Waals surface area contributed by atoms with Gasteiger partial charge in [0.15, 0.2) is 9.84 Å². The molecular weight excluding hydrogens is 248 g/mol. The van der Waals surface area contributed by atoms with Crippen molar-refractivity contribution in [1.82, 2.24) is 0 Å². The molecule has 1 atom stereocenters. The van der Waals surface area contributed by atoms with Crippen molar-refractivity contribution >= 4 is 15.5 Å². The van der Waals surface area contributed by atoms with Gasteiger partial charge in [0.05, 0.1) is 4.90 Å².